The average Bonchev–Trinajstić information content (AvgIpc) is 2.26. The maximum absolute atomic E-state index is 12.3. The van der Waals surface area contributed by atoms with Crippen LogP contribution in [-0.2, 0) is 4.74 Å². The summed E-state index contributed by atoms with van der Waals surface area (Å²) >= 11 is 0. The van der Waals surface area contributed by atoms with Gasteiger partial charge in [0, 0.05) is 12.6 Å². The highest BCUT2D eigenvalue weighted by atomic mass is 19.3. The van der Waals surface area contributed by atoms with Gasteiger partial charge >= 0.3 is 6.43 Å². The largest absolute Gasteiger partial charge is 0.438 e. The van der Waals surface area contributed by atoms with E-state index >= 15 is 0 Å². The van der Waals surface area contributed by atoms with E-state index in [2.05, 4.69) is 11.6 Å². The molecule has 0 radical (unpaired) electrons. The summed E-state index contributed by atoms with van der Waals surface area (Å²) in [5.41, 5.74) is 1.74. The van der Waals surface area contributed by atoms with Crippen molar-refractivity contribution in [1.82, 2.24) is 0 Å². The number of alkyl halides is 2. The lowest BCUT2D eigenvalue weighted by Crippen LogP contribution is -2.13. The maximum atomic E-state index is 12.3. The Kier molecular flexibility index (Phi) is 4.17. The predicted molar refractivity (Wildman–Crippen MR) is 60.7 cm³/mol. The highest BCUT2D eigenvalue weighted by molar-refractivity contribution is 5.84. The van der Waals surface area contributed by atoms with Crippen LogP contribution in [0.2, 0.25) is 0 Å². The summed E-state index contributed by atoms with van der Waals surface area (Å²) in [5, 5.41) is 0. The minimum absolute atomic E-state index is 0.168. The van der Waals surface area contributed by atoms with Gasteiger partial charge in [0.2, 0.25) is 0 Å². The number of aliphatic imine (C=N–C) groups is 1. The first-order valence-electron chi connectivity index (χ1n) is 4.73. The van der Waals surface area contributed by atoms with Gasteiger partial charge in [-0.05, 0) is 6.92 Å². The standard InChI is InChI=1S/C12H13F2NO/c1-8-4-6-10(7-5-8)9(2)16-12(15-3)11(13)14/h4-7,11H,2H2,1,3H3. The average molecular weight is 225 g/mol. The van der Waals surface area contributed by atoms with Gasteiger partial charge in [-0.3, -0.25) is 4.99 Å². The third kappa shape index (κ3) is 3.15. The van der Waals surface area contributed by atoms with Crippen LogP contribution in [-0.4, -0.2) is 19.4 Å². The van der Waals surface area contributed by atoms with Crippen LogP contribution in [0.4, 0.5) is 8.78 Å². The van der Waals surface area contributed by atoms with E-state index in [-0.39, 0.29) is 5.76 Å². The van der Waals surface area contributed by atoms with Gasteiger partial charge in [-0.15, -0.1) is 0 Å². The topological polar surface area (TPSA) is 21.6 Å². The molecule has 1 aromatic carbocycles. The lowest BCUT2D eigenvalue weighted by atomic mass is 10.1. The zero-order chi connectivity index (χ0) is 12.1. The van der Waals surface area contributed by atoms with Crippen LogP contribution in [0.3, 0.4) is 0 Å². The van der Waals surface area contributed by atoms with Gasteiger partial charge in [0.25, 0.3) is 5.90 Å². The Bertz CT molecular complexity index is 396. The molecular weight excluding hydrogens is 212 g/mol. The highest BCUT2D eigenvalue weighted by Crippen LogP contribution is 2.16. The Morgan fingerprint density at radius 1 is 1.31 bits per heavy atom. The van der Waals surface area contributed by atoms with Gasteiger partial charge in [-0.2, -0.15) is 8.78 Å². The maximum Gasteiger partial charge on any atom is 0.312 e. The first-order valence-corrected chi connectivity index (χ1v) is 4.73. The number of hydrogen-bond acceptors (Lipinski definition) is 2. The summed E-state index contributed by atoms with van der Waals surface area (Å²) in [7, 11) is 1.25. The molecule has 0 aliphatic heterocycles. The molecule has 16 heavy (non-hydrogen) atoms. The number of hydrogen-bond donors (Lipinski definition) is 0. The zero-order valence-electron chi connectivity index (χ0n) is 9.21. The van der Waals surface area contributed by atoms with Crippen molar-refractivity contribution in [3.8, 4) is 0 Å². The van der Waals surface area contributed by atoms with E-state index in [1.165, 1.54) is 7.05 Å². The summed E-state index contributed by atoms with van der Waals surface area (Å²) < 4.78 is 29.6. The lowest BCUT2D eigenvalue weighted by Gasteiger charge is -2.10. The van der Waals surface area contributed by atoms with Crippen molar-refractivity contribution in [2.24, 2.45) is 4.99 Å². The molecule has 1 aromatic rings. The lowest BCUT2D eigenvalue weighted by molar-refractivity contribution is 0.196. The molecule has 0 spiro atoms. The molecule has 0 N–H and O–H groups in total. The molecular formula is C12H13F2NO. The molecule has 0 aromatic heterocycles. The Balaban J connectivity index is 2.76. The first kappa shape index (κ1) is 12.4. The molecule has 0 unspecified atom stereocenters. The first-order chi connectivity index (χ1) is 7.54. The molecule has 86 valence electrons. The third-order valence-corrected chi connectivity index (χ3v) is 2.01. The van der Waals surface area contributed by atoms with Crippen LogP contribution >= 0.6 is 0 Å². The van der Waals surface area contributed by atoms with E-state index in [0.717, 1.165) is 5.56 Å². The number of rotatable bonds is 3. The Morgan fingerprint density at radius 3 is 2.31 bits per heavy atom. The van der Waals surface area contributed by atoms with Crippen molar-refractivity contribution in [3.05, 3.63) is 42.0 Å². The van der Waals surface area contributed by atoms with E-state index in [0.29, 0.717) is 5.56 Å². The molecule has 0 saturated heterocycles. The van der Waals surface area contributed by atoms with E-state index in [9.17, 15) is 8.78 Å². The van der Waals surface area contributed by atoms with Crippen molar-refractivity contribution in [2.75, 3.05) is 7.05 Å². The molecule has 0 heterocycles. The quantitative estimate of drug-likeness (QED) is 0.439. The fourth-order valence-electron chi connectivity index (χ4n) is 1.11. The summed E-state index contributed by atoms with van der Waals surface area (Å²) in [6.45, 7) is 5.52. The van der Waals surface area contributed by atoms with Crippen LogP contribution in [0.25, 0.3) is 5.76 Å². The van der Waals surface area contributed by atoms with Crippen LogP contribution in [0.5, 0.6) is 0 Å². The molecule has 0 aliphatic rings. The fraction of sp³-hybridized carbons (Fsp3) is 0.250. The highest BCUT2D eigenvalue weighted by Gasteiger charge is 2.15. The van der Waals surface area contributed by atoms with Crippen LogP contribution in [0, 0.1) is 6.92 Å². The summed E-state index contributed by atoms with van der Waals surface area (Å²) in [6, 6.07) is 7.23. The Labute approximate surface area is 93.3 Å². The van der Waals surface area contributed by atoms with Gasteiger partial charge in [-0.1, -0.05) is 36.4 Å². The van der Waals surface area contributed by atoms with E-state index in [1.807, 2.05) is 19.1 Å². The molecule has 1 rings (SSSR count). The van der Waals surface area contributed by atoms with Crippen LogP contribution < -0.4 is 0 Å². The smallest absolute Gasteiger partial charge is 0.312 e. The molecule has 0 atom stereocenters. The normalized spacial score (nSPS) is 11.7. The second-order valence-electron chi connectivity index (χ2n) is 3.25. The third-order valence-electron chi connectivity index (χ3n) is 2.01. The molecule has 4 heteroatoms. The van der Waals surface area contributed by atoms with Crippen molar-refractivity contribution in [2.45, 2.75) is 13.3 Å². The minimum Gasteiger partial charge on any atom is -0.438 e. The van der Waals surface area contributed by atoms with E-state index in [4.69, 9.17) is 4.74 Å². The van der Waals surface area contributed by atoms with Gasteiger partial charge in [0.15, 0.2) is 0 Å². The van der Waals surface area contributed by atoms with Crippen LogP contribution in [0.1, 0.15) is 11.1 Å². The second kappa shape index (κ2) is 5.39. The molecule has 0 amide bonds. The summed E-state index contributed by atoms with van der Waals surface area (Å²) in [6.07, 6.45) is -2.73. The number of nitrogens with zero attached hydrogens (tertiary/aromatic N) is 1. The predicted octanol–water partition coefficient (Wildman–Crippen LogP) is 3.28. The Morgan fingerprint density at radius 2 is 1.88 bits per heavy atom. The van der Waals surface area contributed by atoms with Crippen molar-refractivity contribution >= 4 is 11.7 Å². The van der Waals surface area contributed by atoms with E-state index in [1.54, 1.807) is 12.1 Å². The number of halogens is 2. The van der Waals surface area contributed by atoms with Gasteiger partial charge in [0.1, 0.15) is 5.76 Å². The van der Waals surface area contributed by atoms with Gasteiger partial charge in [-0.25, -0.2) is 0 Å². The zero-order valence-corrected chi connectivity index (χ0v) is 9.21. The van der Waals surface area contributed by atoms with Gasteiger partial charge < -0.3 is 4.74 Å². The summed E-state index contributed by atoms with van der Waals surface area (Å²) in [4.78, 5) is 3.35. The van der Waals surface area contributed by atoms with Crippen molar-refractivity contribution in [1.29, 1.82) is 0 Å². The van der Waals surface area contributed by atoms with Crippen molar-refractivity contribution < 1.29 is 13.5 Å². The van der Waals surface area contributed by atoms with Crippen molar-refractivity contribution in [3.63, 3.8) is 0 Å². The van der Waals surface area contributed by atoms with Gasteiger partial charge in [0.05, 0.1) is 0 Å². The Hall–Kier alpha value is -1.71. The number of benzene rings is 1. The summed E-state index contributed by atoms with van der Waals surface area (Å²) in [5.74, 6) is -0.452. The van der Waals surface area contributed by atoms with Crippen LogP contribution in [0.15, 0.2) is 35.8 Å². The molecule has 0 bridgehead atoms. The second-order valence-corrected chi connectivity index (χ2v) is 3.25. The SMILES string of the molecule is C=C(OC(=NC)C(F)F)c1ccc(C)cc1. The molecule has 0 aliphatic carbocycles. The monoisotopic (exact) mass is 225 g/mol. The van der Waals surface area contributed by atoms with E-state index < -0.39 is 12.3 Å². The number of ether oxygens (including phenoxy) is 1. The molecule has 0 saturated carbocycles. The fourth-order valence-corrected chi connectivity index (χ4v) is 1.11. The minimum atomic E-state index is -2.73. The number of aryl methyl sites for hydroxylation is 1. The molecule has 2 nitrogen and oxygen atoms in total. The molecule has 0 fully saturated rings.